The molecule has 0 bridgehead atoms. The maximum atomic E-state index is 5.50. The van der Waals surface area contributed by atoms with Crippen LogP contribution in [0.2, 0.25) is 0 Å². The maximum Gasteiger partial charge on any atom is 0.144 e. The summed E-state index contributed by atoms with van der Waals surface area (Å²) in [5, 5.41) is 2.06. The van der Waals surface area contributed by atoms with Crippen LogP contribution in [0.3, 0.4) is 0 Å². The lowest BCUT2D eigenvalue weighted by molar-refractivity contribution is 0.579. The third kappa shape index (κ3) is 1.53. The van der Waals surface area contributed by atoms with Crippen molar-refractivity contribution in [2.24, 2.45) is 5.73 Å². The van der Waals surface area contributed by atoms with Gasteiger partial charge in [0.2, 0.25) is 0 Å². The molecule has 0 saturated carbocycles. The Kier molecular flexibility index (Phi) is 2.20. The minimum atomic E-state index is 0.536. The maximum absolute atomic E-state index is 5.50. The summed E-state index contributed by atoms with van der Waals surface area (Å²) in [6, 6.07) is 4.09. The molecule has 0 aliphatic heterocycles. The first-order valence-electron chi connectivity index (χ1n) is 4.13. The molecular formula is C10H11NOS. The first-order valence-corrected chi connectivity index (χ1v) is 5.01. The van der Waals surface area contributed by atoms with E-state index in [0.717, 1.165) is 11.3 Å². The largest absolute Gasteiger partial charge is 0.463 e. The highest BCUT2D eigenvalue weighted by Crippen LogP contribution is 2.30. The molecule has 2 aromatic rings. The monoisotopic (exact) mass is 193 g/mol. The molecule has 0 aliphatic carbocycles. The highest BCUT2D eigenvalue weighted by Gasteiger charge is 2.07. The molecule has 3 heteroatoms. The third-order valence-corrected chi connectivity index (χ3v) is 3.01. The van der Waals surface area contributed by atoms with Crippen molar-refractivity contribution in [2.75, 3.05) is 0 Å². The van der Waals surface area contributed by atoms with Crippen molar-refractivity contribution in [1.29, 1.82) is 0 Å². The van der Waals surface area contributed by atoms with Crippen LogP contribution in [0.1, 0.15) is 11.1 Å². The Morgan fingerprint density at radius 3 is 2.92 bits per heavy atom. The number of rotatable bonds is 2. The molecule has 2 N–H and O–H groups in total. The van der Waals surface area contributed by atoms with Crippen molar-refractivity contribution in [1.82, 2.24) is 0 Å². The summed E-state index contributed by atoms with van der Waals surface area (Å²) in [5.41, 5.74) is 7.79. The summed E-state index contributed by atoms with van der Waals surface area (Å²) in [6.07, 6.45) is 1.72. The van der Waals surface area contributed by atoms with Crippen molar-refractivity contribution in [3.63, 3.8) is 0 Å². The molecule has 0 aliphatic rings. The van der Waals surface area contributed by atoms with Gasteiger partial charge in [-0.25, -0.2) is 0 Å². The van der Waals surface area contributed by atoms with Gasteiger partial charge < -0.3 is 10.2 Å². The van der Waals surface area contributed by atoms with E-state index in [1.165, 1.54) is 10.4 Å². The van der Waals surface area contributed by atoms with E-state index in [-0.39, 0.29) is 0 Å². The van der Waals surface area contributed by atoms with E-state index >= 15 is 0 Å². The van der Waals surface area contributed by atoms with Gasteiger partial charge in [0.25, 0.3) is 0 Å². The molecule has 0 spiro atoms. The quantitative estimate of drug-likeness (QED) is 0.796. The molecule has 13 heavy (non-hydrogen) atoms. The second kappa shape index (κ2) is 3.36. The van der Waals surface area contributed by atoms with Gasteiger partial charge in [0.15, 0.2) is 0 Å². The number of nitrogens with two attached hydrogens (primary N) is 1. The van der Waals surface area contributed by atoms with Crippen molar-refractivity contribution < 1.29 is 4.42 Å². The van der Waals surface area contributed by atoms with E-state index in [2.05, 4.69) is 18.4 Å². The lowest BCUT2D eigenvalue weighted by Gasteiger charge is -1.91. The standard InChI is InChI=1S/C10H11NOS/c1-7-2-3-13-10(7)9-4-8(5-11)6-12-9/h2-4,6H,5,11H2,1H3. The molecule has 0 aromatic carbocycles. The molecular weight excluding hydrogens is 182 g/mol. The Morgan fingerprint density at radius 1 is 1.54 bits per heavy atom. The van der Waals surface area contributed by atoms with Gasteiger partial charge in [-0.2, -0.15) is 0 Å². The number of thiophene rings is 1. The summed E-state index contributed by atoms with van der Waals surface area (Å²) in [7, 11) is 0. The van der Waals surface area contributed by atoms with Crippen LogP contribution in [0.15, 0.2) is 28.2 Å². The molecule has 0 amide bonds. The van der Waals surface area contributed by atoms with Crippen molar-refractivity contribution in [2.45, 2.75) is 13.5 Å². The van der Waals surface area contributed by atoms with Gasteiger partial charge in [0.1, 0.15) is 5.76 Å². The average molecular weight is 193 g/mol. The number of furan rings is 1. The number of aryl methyl sites for hydroxylation is 1. The molecule has 2 nitrogen and oxygen atoms in total. The third-order valence-electron chi connectivity index (χ3n) is 1.98. The first kappa shape index (κ1) is 8.53. The Morgan fingerprint density at radius 2 is 2.38 bits per heavy atom. The highest BCUT2D eigenvalue weighted by atomic mass is 32.1. The summed E-state index contributed by atoms with van der Waals surface area (Å²) >= 11 is 1.69. The molecule has 0 fully saturated rings. The Labute approximate surface area is 81.0 Å². The molecule has 2 heterocycles. The minimum Gasteiger partial charge on any atom is -0.463 e. The van der Waals surface area contributed by atoms with Gasteiger partial charge in [-0.15, -0.1) is 11.3 Å². The summed E-state index contributed by atoms with van der Waals surface area (Å²) in [6.45, 7) is 2.62. The Bertz CT molecular complexity index is 402. The Balaban J connectivity index is 2.41. The fourth-order valence-corrected chi connectivity index (χ4v) is 2.11. The fourth-order valence-electron chi connectivity index (χ4n) is 1.23. The van der Waals surface area contributed by atoms with Gasteiger partial charge in [-0.1, -0.05) is 0 Å². The van der Waals surface area contributed by atoms with E-state index < -0.39 is 0 Å². The first-order chi connectivity index (χ1) is 6.31. The van der Waals surface area contributed by atoms with Gasteiger partial charge >= 0.3 is 0 Å². The molecule has 68 valence electrons. The summed E-state index contributed by atoms with van der Waals surface area (Å²) < 4.78 is 5.41. The SMILES string of the molecule is Cc1ccsc1-c1cc(CN)co1. The fraction of sp³-hybridized carbons (Fsp3) is 0.200. The second-order valence-corrected chi connectivity index (χ2v) is 3.87. The van der Waals surface area contributed by atoms with Crippen molar-refractivity contribution in [3.05, 3.63) is 34.9 Å². The van der Waals surface area contributed by atoms with Crippen LogP contribution in [0, 0.1) is 6.92 Å². The van der Waals surface area contributed by atoms with E-state index in [0.29, 0.717) is 6.54 Å². The average Bonchev–Trinajstić information content (AvgIpc) is 2.71. The van der Waals surface area contributed by atoms with Crippen LogP contribution >= 0.6 is 11.3 Å². The zero-order chi connectivity index (χ0) is 9.26. The van der Waals surface area contributed by atoms with Gasteiger partial charge in [-0.05, 0) is 30.0 Å². The molecule has 0 radical (unpaired) electrons. The summed E-state index contributed by atoms with van der Waals surface area (Å²) in [4.78, 5) is 1.19. The van der Waals surface area contributed by atoms with Crippen LogP contribution in [-0.2, 0) is 6.54 Å². The molecule has 0 atom stereocenters. The van der Waals surface area contributed by atoms with Crippen molar-refractivity contribution >= 4 is 11.3 Å². The molecule has 0 unspecified atom stereocenters. The normalized spacial score (nSPS) is 10.6. The highest BCUT2D eigenvalue weighted by molar-refractivity contribution is 7.13. The van der Waals surface area contributed by atoms with E-state index in [4.69, 9.17) is 10.2 Å². The topological polar surface area (TPSA) is 39.2 Å². The number of hydrogen-bond donors (Lipinski definition) is 1. The van der Waals surface area contributed by atoms with E-state index in [1.807, 2.05) is 6.07 Å². The minimum absolute atomic E-state index is 0.536. The zero-order valence-electron chi connectivity index (χ0n) is 7.41. The zero-order valence-corrected chi connectivity index (χ0v) is 8.23. The predicted molar refractivity (Wildman–Crippen MR) is 54.6 cm³/mol. The van der Waals surface area contributed by atoms with Gasteiger partial charge in [0.05, 0.1) is 11.1 Å². The predicted octanol–water partition coefficient (Wildman–Crippen LogP) is 2.78. The molecule has 2 aromatic heterocycles. The lowest BCUT2D eigenvalue weighted by Crippen LogP contribution is -1.92. The van der Waals surface area contributed by atoms with E-state index in [1.54, 1.807) is 17.6 Å². The Hall–Kier alpha value is -1.06. The van der Waals surface area contributed by atoms with Gasteiger partial charge in [-0.3, -0.25) is 0 Å². The van der Waals surface area contributed by atoms with Crippen LogP contribution < -0.4 is 5.73 Å². The number of hydrogen-bond acceptors (Lipinski definition) is 3. The van der Waals surface area contributed by atoms with Gasteiger partial charge in [0, 0.05) is 12.1 Å². The molecule has 2 rings (SSSR count). The molecule has 0 saturated heterocycles. The van der Waals surface area contributed by atoms with E-state index in [9.17, 15) is 0 Å². The van der Waals surface area contributed by atoms with Crippen LogP contribution in [0.25, 0.3) is 10.6 Å². The second-order valence-electron chi connectivity index (χ2n) is 2.96. The van der Waals surface area contributed by atoms with Crippen LogP contribution in [0.5, 0.6) is 0 Å². The smallest absolute Gasteiger partial charge is 0.144 e. The van der Waals surface area contributed by atoms with Crippen LogP contribution in [-0.4, -0.2) is 0 Å². The lowest BCUT2D eigenvalue weighted by atomic mass is 10.2. The summed E-state index contributed by atoms with van der Waals surface area (Å²) in [5.74, 6) is 0.924. The van der Waals surface area contributed by atoms with Crippen LogP contribution in [0.4, 0.5) is 0 Å². The van der Waals surface area contributed by atoms with Crippen molar-refractivity contribution in [3.8, 4) is 10.6 Å².